The lowest BCUT2D eigenvalue weighted by Gasteiger charge is -2.38. The number of thiophene rings is 1. The van der Waals surface area contributed by atoms with Gasteiger partial charge >= 0.3 is 0 Å². The first kappa shape index (κ1) is 17.3. The van der Waals surface area contributed by atoms with Crippen LogP contribution in [0.5, 0.6) is 0 Å². The number of hydrogen-bond donors (Lipinski definition) is 1. The predicted molar refractivity (Wildman–Crippen MR) is 98.1 cm³/mol. The van der Waals surface area contributed by atoms with E-state index >= 15 is 0 Å². The third-order valence-corrected chi connectivity index (χ3v) is 7.13. The fourth-order valence-electron chi connectivity index (χ4n) is 2.48. The number of rotatable bonds is 4. The summed E-state index contributed by atoms with van der Waals surface area (Å²) in [5.74, 6) is 0.0921. The van der Waals surface area contributed by atoms with Crippen LogP contribution in [0, 0.1) is 0 Å². The molecular weight excluding hydrogens is 438 g/mol. The minimum Gasteiger partial charge on any atom is -0.392 e. The molecule has 21 heavy (non-hydrogen) atoms. The average molecular weight is 455 g/mol. The van der Waals surface area contributed by atoms with E-state index in [0.29, 0.717) is 18.1 Å². The Hall–Kier alpha value is -0.0200. The van der Waals surface area contributed by atoms with Crippen LogP contribution in [0.15, 0.2) is 14.3 Å². The third kappa shape index (κ3) is 4.04. The van der Waals surface area contributed by atoms with E-state index in [1.807, 2.05) is 11.0 Å². The van der Waals surface area contributed by atoms with Crippen LogP contribution in [-0.2, 0) is 0 Å². The molecule has 2 N–H and O–H groups in total. The fourth-order valence-corrected chi connectivity index (χ4v) is 4.80. The Morgan fingerprint density at radius 3 is 2.48 bits per heavy atom. The van der Waals surface area contributed by atoms with Crippen molar-refractivity contribution in [2.45, 2.75) is 19.4 Å². The van der Waals surface area contributed by atoms with Crippen LogP contribution < -0.4 is 5.73 Å². The molecule has 116 valence electrons. The van der Waals surface area contributed by atoms with Gasteiger partial charge < -0.3 is 10.6 Å². The predicted octanol–water partition coefficient (Wildman–Crippen LogP) is 3.10. The second-order valence-corrected chi connectivity index (χ2v) is 8.58. The van der Waals surface area contributed by atoms with Crippen molar-refractivity contribution in [2.24, 2.45) is 5.73 Å². The second-order valence-electron chi connectivity index (χ2n) is 4.89. The van der Waals surface area contributed by atoms with E-state index in [-0.39, 0.29) is 11.9 Å². The molecule has 0 bridgehead atoms. The van der Waals surface area contributed by atoms with Crippen LogP contribution >= 0.6 is 55.4 Å². The van der Waals surface area contributed by atoms with Gasteiger partial charge in [0.15, 0.2) is 0 Å². The maximum Gasteiger partial charge on any atom is 0.264 e. The smallest absolute Gasteiger partial charge is 0.264 e. The zero-order chi connectivity index (χ0) is 15.6. The minimum absolute atomic E-state index is 0.0921. The van der Waals surface area contributed by atoms with E-state index < -0.39 is 0 Å². The van der Waals surface area contributed by atoms with Gasteiger partial charge in [0.05, 0.1) is 19.7 Å². The molecule has 1 saturated heterocycles. The van der Waals surface area contributed by atoms with E-state index in [2.05, 4.69) is 43.7 Å². The lowest BCUT2D eigenvalue weighted by Crippen LogP contribution is -2.54. The zero-order valence-corrected chi connectivity index (χ0v) is 16.4. The van der Waals surface area contributed by atoms with Gasteiger partial charge in [-0.3, -0.25) is 9.69 Å². The fraction of sp³-hybridized carbons (Fsp3) is 0.538. The number of piperazine rings is 1. The monoisotopic (exact) mass is 453 g/mol. The number of halogens is 2. The highest BCUT2D eigenvalue weighted by atomic mass is 79.9. The molecule has 1 fully saturated rings. The summed E-state index contributed by atoms with van der Waals surface area (Å²) < 4.78 is 1.87. The van der Waals surface area contributed by atoms with E-state index in [1.54, 1.807) is 0 Å². The standard InChI is InChI=1S/C13H17Br2N3OS2/c1-2-9(12(16)20)17-3-5-18(6-4-17)13(19)10-7-8(14)11(15)21-10/h7,9H,2-6H2,1H3,(H2,16,20). The first-order chi connectivity index (χ1) is 9.93. The molecule has 0 spiro atoms. The average Bonchev–Trinajstić information content (AvgIpc) is 2.79. The first-order valence-corrected chi connectivity index (χ1v) is 9.52. The molecule has 0 radical (unpaired) electrons. The molecule has 1 aliphatic rings. The van der Waals surface area contributed by atoms with E-state index in [0.717, 1.165) is 32.6 Å². The Labute approximate surface area is 150 Å². The number of amides is 1. The summed E-state index contributed by atoms with van der Waals surface area (Å²) in [4.78, 5) is 17.9. The van der Waals surface area contributed by atoms with E-state index in [9.17, 15) is 4.79 Å². The van der Waals surface area contributed by atoms with Gasteiger partial charge in [0, 0.05) is 30.7 Å². The van der Waals surface area contributed by atoms with Crippen molar-refractivity contribution in [3.63, 3.8) is 0 Å². The highest BCUT2D eigenvalue weighted by molar-refractivity contribution is 9.13. The summed E-state index contributed by atoms with van der Waals surface area (Å²) in [6.07, 6.45) is 0.911. The lowest BCUT2D eigenvalue weighted by molar-refractivity contribution is 0.0616. The quantitative estimate of drug-likeness (QED) is 0.710. The van der Waals surface area contributed by atoms with Gasteiger partial charge in [0.1, 0.15) is 0 Å². The van der Waals surface area contributed by atoms with E-state index in [1.165, 1.54) is 11.3 Å². The van der Waals surface area contributed by atoms with Crippen LogP contribution in [0.3, 0.4) is 0 Å². The molecule has 8 heteroatoms. The number of nitrogens with zero attached hydrogens (tertiary/aromatic N) is 2. The summed E-state index contributed by atoms with van der Waals surface area (Å²) >= 11 is 13.4. The molecule has 1 amide bonds. The first-order valence-electron chi connectivity index (χ1n) is 6.71. The summed E-state index contributed by atoms with van der Waals surface area (Å²) in [6, 6.07) is 2.01. The molecule has 0 aliphatic carbocycles. The summed E-state index contributed by atoms with van der Waals surface area (Å²) in [5.41, 5.74) is 5.78. The molecule has 0 saturated carbocycles. The van der Waals surface area contributed by atoms with Crippen molar-refractivity contribution in [1.82, 2.24) is 9.80 Å². The molecule has 1 aromatic heterocycles. The maximum absolute atomic E-state index is 12.5. The Bertz CT molecular complexity index is 522. The lowest BCUT2D eigenvalue weighted by atomic mass is 10.1. The molecule has 4 nitrogen and oxygen atoms in total. The third-order valence-electron chi connectivity index (χ3n) is 3.61. The summed E-state index contributed by atoms with van der Waals surface area (Å²) in [6.45, 7) is 5.14. The van der Waals surface area contributed by atoms with Crippen molar-refractivity contribution >= 4 is 66.3 Å². The normalized spacial score (nSPS) is 17.8. The number of carbonyl (C=O) groups excluding carboxylic acids is 1. The molecule has 2 rings (SSSR count). The summed E-state index contributed by atoms with van der Waals surface area (Å²) in [7, 11) is 0. The Balaban J connectivity index is 1.97. The van der Waals surface area contributed by atoms with Crippen LogP contribution in [-0.4, -0.2) is 52.9 Å². The topological polar surface area (TPSA) is 49.6 Å². The molecule has 1 aromatic rings. The van der Waals surface area contributed by atoms with Crippen molar-refractivity contribution in [3.05, 3.63) is 19.2 Å². The van der Waals surface area contributed by atoms with E-state index in [4.69, 9.17) is 18.0 Å². The molecule has 2 heterocycles. The van der Waals surface area contributed by atoms with Gasteiger partial charge in [0.2, 0.25) is 0 Å². The van der Waals surface area contributed by atoms with Crippen molar-refractivity contribution < 1.29 is 4.79 Å². The van der Waals surface area contributed by atoms with Gasteiger partial charge in [0.25, 0.3) is 5.91 Å². The molecule has 1 aliphatic heterocycles. The largest absolute Gasteiger partial charge is 0.392 e. The van der Waals surface area contributed by atoms with Crippen molar-refractivity contribution in [1.29, 1.82) is 0 Å². The maximum atomic E-state index is 12.5. The van der Waals surface area contributed by atoms with Crippen LogP contribution in [0.1, 0.15) is 23.0 Å². The highest BCUT2D eigenvalue weighted by Crippen LogP contribution is 2.33. The zero-order valence-electron chi connectivity index (χ0n) is 11.6. The van der Waals surface area contributed by atoms with Crippen molar-refractivity contribution in [3.8, 4) is 0 Å². The van der Waals surface area contributed by atoms with Crippen LogP contribution in [0.25, 0.3) is 0 Å². The molecular formula is C13H17Br2N3OS2. The molecule has 1 atom stereocenters. The Kier molecular flexibility index (Phi) is 6.19. The van der Waals surface area contributed by atoms with Gasteiger partial charge in [-0.25, -0.2) is 0 Å². The highest BCUT2D eigenvalue weighted by Gasteiger charge is 2.27. The van der Waals surface area contributed by atoms with Gasteiger partial charge in [-0.15, -0.1) is 11.3 Å². The summed E-state index contributed by atoms with van der Waals surface area (Å²) in [5, 5.41) is 0. The molecule has 1 unspecified atom stereocenters. The molecule has 0 aromatic carbocycles. The SMILES string of the molecule is CCC(C(N)=S)N1CCN(C(=O)c2cc(Br)c(Br)s2)CC1. The number of nitrogens with two attached hydrogens (primary N) is 1. The van der Waals surface area contributed by atoms with Gasteiger partial charge in [-0.05, 0) is 44.3 Å². The minimum atomic E-state index is 0.0921. The Morgan fingerprint density at radius 2 is 2.05 bits per heavy atom. The van der Waals surface area contributed by atoms with Gasteiger partial charge in [-0.2, -0.15) is 0 Å². The van der Waals surface area contributed by atoms with Crippen LogP contribution in [0.4, 0.5) is 0 Å². The number of hydrogen-bond acceptors (Lipinski definition) is 4. The van der Waals surface area contributed by atoms with Crippen LogP contribution in [0.2, 0.25) is 0 Å². The number of thiocarbonyl (C=S) groups is 1. The Morgan fingerprint density at radius 1 is 1.43 bits per heavy atom. The van der Waals surface area contributed by atoms with Gasteiger partial charge in [-0.1, -0.05) is 19.1 Å². The van der Waals surface area contributed by atoms with Crippen molar-refractivity contribution in [2.75, 3.05) is 26.2 Å². The second kappa shape index (κ2) is 7.50. The number of carbonyl (C=O) groups is 1.